The molecule has 0 fully saturated rings. The van der Waals surface area contributed by atoms with Crippen molar-refractivity contribution in [2.45, 2.75) is 66.7 Å². The van der Waals surface area contributed by atoms with Crippen LogP contribution in [-0.4, -0.2) is 61.1 Å². The van der Waals surface area contributed by atoms with Crippen molar-refractivity contribution in [2.24, 2.45) is 0 Å². The molecule has 2 unspecified atom stereocenters. The zero-order valence-corrected chi connectivity index (χ0v) is 18.1. The van der Waals surface area contributed by atoms with Gasteiger partial charge in [0.05, 0.1) is 12.3 Å². The van der Waals surface area contributed by atoms with E-state index in [1.54, 1.807) is 13.8 Å². The molecule has 2 atom stereocenters. The first-order valence-corrected chi connectivity index (χ1v) is 9.38. The molecule has 0 aliphatic carbocycles. The maximum atomic E-state index is 11.4. The minimum Gasteiger partial charge on any atom is -0.337 e. The third kappa shape index (κ3) is 11.1. The third-order valence-corrected chi connectivity index (χ3v) is 4.02. The Labute approximate surface area is 160 Å². The van der Waals surface area contributed by atoms with Gasteiger partial charge in [-0.05, 0) is 53.9 Å². The molecule has 0 rings (SSSR count). The van der Waals surface area contributed by atoms with Gasteiger partial charge in [0.25, 0.3) is 0 Å². The first-order chi connectivity index (χ1) is 12.0. The Morgan fingerprint density at radius 1 is 0.808 bits per heavy atom. The van der Waals surface area contributed by atoms with E-state index < -0.39 is 0 Å². The van der Waals surface area contributed by atoms with Crippen molar-refractivity contribution in [3.05, 3.63) is 24.3 Å². The first kappa shape index (κ1) is 26.6. The molecule has 6 heteroatoms. The lowest BCUT2D eigenvalue weighted by Gasteiger charge is -2.29. The zero-order chi connectivity index (χ0) is 20.9. The van der Waals surface area contributed by atoms with Crippen LogP contribution in [0.5, 0.6) is 0 Å². The largest absolute Gasteiger partial charge is 0.337 e. The van der Waals surface area contributed by atoms with Crippen molar-refractivity contribution >= 4 is 11.8 Å². The molecule has 0 bridgehead atoms. The van der Waals surface area contributed by atoms with E-state index >= 15 is 0 Å². The van der Waals surface area contributed by atoms with Crippen LogP contribution in [0.4, 0.5) is 0 Å². The van der Waals surface area contributed by atoms with Gasteiger partial charge in [-0.25, -0.2) is 0 Å². The summed E-state index contributed by atoms with van der Waals surface area (Å²) in [6.45, 7) is 20.8. The molecule has 0 aliphatic rings. The summed E-state index contributed by atoms with van der Waals surface area (Å²) in [7, 11) is 3.87. The molecular formula is C20H40N4O2. The molecule has 0 heterocycles. The summed E-state index contributed by atoms with van der Waals surface area (Å²) in [4.78, 5) is 26.8. The fraction of sp³-hybridized carbons (Fsp3) is 0.700. The summed E-state index contributed by atoms with van der Waals surface area (Å²) in [5.41, 5.74) is 1.12. The molecule has 2 N–H and O–H groups in total. The maximum absolute atomic E-state index is 11.4. The standard InChI is InChI=1S/C11H22N2O.C9H18N2O/c1-6-10(13(7-2)8-3)12-11(14)9(4)5;1-6-8(11(4)5)10-9(12)7(2)3/h10H,4,6-8H2,1-3,5H3,(H,12,14);8H,2,6H2,1,3-5H3,(H,10,12). The number of amides is 2. The second-order valence-corrected chi connectivity index (χ2v) is 6.54. The number of carbonyl (C=O) groups excluding carboxylic acids is 2. The SMILES string of the molecule is C=C(C)C(=O)NC(CC)N(C)C.C=C(C)C(=O)NC(CC)N(CC)CC. The molecule has 0 aliphatic heterocycles. The second kappa shape index (κ2) is 14.5. The van der Waals surface area contributed by atoms with Gasteiger partial charge in [-0.2, -0.15) is 0 Å². The monoisotopic (exact) mass is 368 g/mol. The minimum absolute atomic E-state index is 0.0521. The van der Waals surface area contributed by atoms with Crippen LogP contribution < -0.4 is 10.6 Å². The lowest BCUT2D eigenvalue weighted by atomic mass is 10.2. The van der Waals surface area contributed by atoms with Crippen molar-refractivity contribution in [1.29, 1.82) is 0 Å². The van der Waals surface area contributed by atoms with Gasteiger partial charge in [0.1, 0.15) is 0 Å². The molecule has 0 radical (unpaired) electrons. The summed E-state index contributed by atoms with van der Waals surface area (Å²) >= 11 is 0. The van der Waals surface area contributed by atoms with Crippen molar-refractivity contribution in [1.82, 2.24) is 20.4 Å². The van der Waals surface area contributed by atoms with Gasteiger partial charge >= 0.3 is 0 Å². The van der Waals surface area contributed by atoms with Crippen LogP contribution in [0.25, 0.3) is 0 Å². The van der Waals surface area contributed by atoms with Gasteiger partial charge in [-0.15, -0.1) is 0 Å². The average Bonchev–Trinajstić information content (AvgIpc) is 2.59. The molecule has 0 spiro atoms. The molecule has 0 saturated carbocycles. The van der Waals surface area contributed by atoms with Crippen molar-refractivity contribution in [3.63, 3.8) is 0 Å². The number of hydrogen-bond acceptors (Lipinski definition) is 4. The molecular weight excluding hydrogens is 328 g/mol. The second-order valence-electron chi connectivity index (χ2n) is 6.54. The topological polar surface area (TPSA) is 64.7 Å². The predicted octanol–water partition coefficient (Wildman–Crippen LogP) is 2.73. The van der Waals surface area contributed by atoms with Crippen LogP contribution in [0, 0.1) is 0 Å². The summed E-state index contributed by atoms with van der Waals surface area (Å²) in [5, 5.41) is 5.81. The molecule has 0 aromatic carbocycles. The lowest BCUT2D eigenvalue weighted by molar-refractivity contribution is -0.120. The molecule has 0 aromatic rings. The first-order valence-electron chi connectivity index (χ1n) is 9.38. The van der Waals surface area contributed by atoms with Gasteiger partial charge in [-0.3, -0.25) is 19.4 Å². The highest BCUT2D eigenvalue weighted by molar-refractivity contribution is 5.92. The summed E-state index contributed by atoms with van der Waals surface area (Å²) < 4.78 is 0. The van der Waals surface area contributed by atoms with Crippen LogP contribution in [-0.2, 0) is 9.59 Å². The highest BCUT2D eigenvalue weighted by Crippen LogP contribution is 2.01. The third-order valence-electron chi connectivity index (χ3n) is 4.02. The smallest absolute Gasteiger partial charge is 0.247 e. The van der Waals surface area contributed by atoms with E-state index in [-0.39, 0.29) is 24.1 Å². The Bertz CT molecular complexity index is 457. The zero-order valence-electron chi connectivity index (χ0n) is 18.1. The molecule has 2 amide bonds. The molecule has 0 aromatic heterocycles. The van der Waals surface area contributed by atoms with Crippen LogP contribution >= 0.6 is 0 Å². The van der Waals surface area contributed by atoms with Gasteiger partial charge in [0.2, 0.25) is 11.8 Å². The Morgan fingerprint density at radius 3 is 1.38 bits per heavy atom. The minimum atomic E-state index is -0.0736. The van der Waals surface area contributed by atoms with E-state index in [1.165, 1.54) is 0 Å². The van der Waals surface area contributed by atoms with Crippen molar-refractivity contribution in [2.75, 3.05) is 27.2 Å². The number of nitrogens with zero attached hydrogens (tertiary/aromatic N) is 2. The van der Waals surface area contributed by atoms with Crippen LogP contribution in [0.15, 0.2) is 24.3 Å². The number of nitrogens with one attached hydrogen (secondary N) is 2. The van der Waals surface area contributed by atoms with Gasteiger partial charge in [0.15, 0.2) is 0 Å². The van der Waals surface area contributed by atoms with E-state index in [1.807, 2.05) is 25.9 Å². The van der Waals surface area contributed by atoms with Crippen LogP contribution in [0.3, 0.4) is 0 Å². The fourth-order valence-corrected chi connectivity index (χ4v) is 2.26. The average molecular weight is 369 g/mol. The predicted molar refractivity (Wildman–Crippen MR) is 111 cm³/mol. The van der Waals surface area contributed by atoms with E-state index in [2.05, 4.69) is 49.5 Å². The normalized spacial score (nSPS) is 12.7. The fourth-order valence-electron chi connectivity index (χ4n) is 2.26. The summed E-state index contributed by atoms with van der Waals surface area (Å²) in [6.07, 6.45) is 2.05. The van der Waals surface area contributed by atoms with Crippen LogP contribution in [0.1, 0.15) is 54.4 Å². The van der Waals surface area contributed by atoms with Gasteiger partial charge in [-0.1, -0.05) is 40.9 Å². The number of hydrogen-bond donors (Lipinski definition) is 2. The highest BCUT2D eigenvalue weighted by atomic mass is 16.2. The highest BCUT2D eigenvalue weighted by Gasteiger charge is 2.15. The van der Waals surface area contributed by atoms with Gasteiger partial charge in [0, 0.05) is 11.1 Å². The van der Waals surface area contributed by atoms with Crippen molar-refractivity contribution in [3.8, 4) is 0 Å². The summed E-state index contributed by atoms with van der Waals surface area (Å²) in [5.74, 6) is -0.126. The Morgan fingerprint density at radius 2 is 1.15 bits per heavy atom. The number of carbonyl (C=O) groups is 2. The Balaban J connectivity index is 0. The van der Waals surface area contributed by atoms with Crippen LogP contribution in [0.2, 0.25) is 0 Å². The Kier molecular flexibility index (Phi) is 14.8. The Hall–Kier alpha value is -1.66. The van der Waals surface area contributed by atoms with E-state index in [4.69, 9.17) is 0 Å². The lowest BCUT2D eigenvalue weighted by Crippen LogP contribution is -2.47. The van der Waals surface area contributed by atoms with E-state index in [9.17, 15) is 9.59 Å². The summed E-state index contributed by atoms with van der Waals surface area (Å²) in [6, 6.07) is 0. The van der Waals surface area contributed by atoms with Crippen molar-refractivity contribution < 1.29 is 9.59 Å². The number of rotatable bonds is 10. The molecule has 26 heavy (non-hydrogen) atoms. The molecule has 0 saturated heterocycles. The maximum Gasteiger partial charge on any atom is 0.247 e. The molecule has 6 nitrogen and oxygen atoms in total. The van der Waals surface area contributed by atoms with Gasteiger partial charge < -0.3 is 10.6 Å². The molecule has 152 valence electrons. The quantitative estimate of drug-likeness (QED) is 0.460. The van der Waals surface area contributed by atoms with E-state index in [0.717, 1.165) is 25.9 Å². The van der Waals surface area contributed by atoms with E-state index in [0.29, 0.717) is 11.1 Å².